The van der Waals surface area contributed by atoms with Crippen molar-refractivity contribution < 1.29 is 0 Å². The third-order valence-electron chi connectivity index (χ3n) is 2.08. The number of halogens is 1. The molecule has 0 aliphatic heterocycles. The first-order valence-corrected chi connectivity index (χ1v) is 4.99. The fourth-order valence-electron chi connectivity index (χ4n) is 1.35. The summed E-state index contributed by atoms with van der Waals surface area (Å²) in [7, 11) is 0. The van der Waals surface area contributed by atoms with E-state index in [9.17, 15) is 0 Å². The molecule has 1 aromatic carbocycles. The van der Waals surface area contributed by atoms with Gasteiger partial charge in [0.05, 0.1) is 5.69 Å². The van der Waals surface area contributed by atoms with Gasteiger partial charge >= 0.3 is 0 Å². The van der Waals surface area contributed by atoms with Crippen molar-refractivity contribution in [1.29, 1.82) is 0 Å². The molecule has 0 saturated carbocycles. The van der Waals surface area contributed by atoms with E-state index in [2.05, 4.69) is 4.98 Å². The highest BCUT2D eigenvalue weighted by Crippen LogP contribution is 2.19. The molecule has 4 heteroatoms. The van der Waals surface area contributed by atoms with Crippen molar-refractivity contribution in [3.63, 3.8) is 0 Å². The van der Waals surface area contributed by atoms with Crippen molar-refractivity contribution in [2.45, 2.75) is 6.92 Å². The Bertz CT molecular complexity index is 513. The molecule has 2 nitrogen and oxygen atoms in total. The van der Waals surface area contributed by atoms with Crippen LogP contribution >= 0.6 is 23.8 Å². The van der Waals surface area contributed by atoms with E-state index in [1.807, 2.05) is 42.1 Å². The summed E-state index contributed by atoms with van der Waals surface area (Å²) in [4.78, 5) is 2.95. The summed E-state index contributed by atoms with van der Waals surface area (Å²) in [5.74, 6) is 0. The lowest BCUT2D eigenvalue weighted by Gasteiger charge is -2.06. The predicted molar refractivity (Wildman–Crippen MR) is 60.7 cm³/mol. The zero-order valence-electron chi connectivity index (χ0n) is 7.62. The van der Waals surface area contributed by atoms with E-state index < -0.39 is 0 Å². The molecule has 14 heavy (non-hydrogen) atoms. The van der Waals surface area contributed by atoms with Crippen LogP contribution in [0.4, 0.5) is 0 Å². The second kappa shape index (κ2) is 3.59. The zero-order chi connectivity index (χ0) is 10.1. The molecule has 0 atom stereocenters. The first-order chi connectivity index (χ1) is 6.68. The van der Waals surface area contributed by atoms with E-state index in [0.717, 1.165) is 11.3 Å². The minimum Gasteiger partial charge on any atom is -0.337 e. The van der Waals surface area contributed by atoms with Crippen LogP contribution in [0.2, 0.25) is 5.02 Å². The predicted octanol–water partition coefficient (Wildman–Crippen LogP) is 3.50. The molecule has 1 aromatic heterocycles. The molecule has 0 spiro atoms. The lowest BCUT2D eigenvalue weighted by Crippen LogP contribution is -1.95. The number of imidazole rings is 1. The van der Waals surface area contributed by atoms with Gasteiger partial charge in [0.15, 0.2) is 4.77 Å². The highest BCUT2D eigenvalue weighted by Gasteiger charge is 2.02. The van der Waals surface area contributed by atoms with Crippen molar-refractivity contribution in [2.24, 2.45) is 0 Å². The number of H-pyrrole nitrogens is 1. The lowest BCUT2D eigenvalue weighted by atomic mass is 10.2. The topological polar surface area (TPSA) is 20.7 Å². The lowest BCUT2D eigenvalue weighted by molar-refractivity contribution is 1.02. The molecule has 0 radical (unpaired) electrons. The Morgan fingerprint density at radius 1 is 1.43 bits per heavy atom. The van der Waals surface area contributed by atoms with Crippen molar-refractivity contribution in [3.8, 4) is 5.69 Å². The standard InChI is InChI=1S/C10H9ClN2S/c1-7-2-3-8(11)6-9(7)13-5-4-12-10(13)14/h2-6H,1H3,(H,12,14). The van der Waals surface area contributed by atoms with Gasteiger partial charge in [-0.15, -0.1) is 0 Å². The Hall–Kier alpha value is -1.06. The van der Waals surface area contributed by atoms with Gasteiger partial charge in [0.2, 0.25) is 0 Å². The molecule has 72 valence electrons. The van der Waals surface area contributed by atoms with Gasteiger partial charge in [-0.1, -0.05) is 17.7 Å². The van der Waals surface area contributed by atoms with Crippen LogP contribution in [0.15, 0.2) is 30.6 Å². The average molecular weight is 225 g/mol. The molecule has 2 rings (SSSR count). The van der Waals surface area contributed by atoms with E-state index in [1.165, 1.54) is 0 Å². The number of nitrogens with zero attached hydrogens (tertiary/aromatic N) is 1. The van der Waals surface area contributed by atoms with Gasteiger partial charge in [-0.25, -0.2) is 0 Å². The third-order valence-corrected chi connectivity index (χ3v) is 2.63. The van der Waals surface area contributed by atoms with Crippen molar-refractivity contribution in [3.05, 3.63) is 45.9 Å². The SMILES string of the molecule is Cc1ccc(Cl)cc1-n1cc[nH]c1=S. The van der Waals surface area contributed by atoms with Crippen LogP contribution in [-0.4, -0.2) is 9.55 Å². The quantitative estimate of drug-likeness (QED) is 0.736. The van der Waals surface area contributed by atoms with E-state index in [1.54, 1.807) is 0 Å². The molecule has 1 N–H and O–H groups in total. The molecular formula is C10H9ClN2S. The second-order valence-corrected chi connectivity index (χ2v) is 3.89. The maximum Gasteiger partial charge on any atom is 0.181 e. The van der Waals surface area contributed by atoms with Crippen LogP contribution in [0, 0.1) is 11.7 Å². The van der Waals surface area contributed by atoms with Crippen LogP contribution < -0.4 is 0 Å². The van der Waals surface area contributed by atoms with E-state index in [-0.39, 0.29) is 0 Å². The number of nitrogens with one attached hydrogen (secondary N) is 1. The Labute approximate surface area is 92.2 Å². The normalized spacial score (nSPS) is 10.4. The number of benzene rings is 1. The summed E-state index contributed by atoms with van der Waals surface area (Å²) in [5.41, 5.74) is 2.16. The molecule has 0 unspecified atom stereocenters. The molecule has 0 bridgehead atoms. The number of aryl methyl sites for hydroxylation is 1. The summed E-state index contributed by atoms with van der Waals surface area (Å²) in [6.45, 7) is 2.03. The van der Waals surface area contributed by atoms with E-state index in [0.29, 0.717) is 9.79 Å². The van der Waals surface area contributed by atoms with Gasteiger partial charge < -0.3 is 4.98 Å². The van der Waals surface area contributed by atoms with Crippen LogP contribution in [0.25, 0.3) is 5.69 Å². The number of aromatic nitrogens is 2. The summed E-state index contributed by atoms with van der Waals surface area (Å²) in [6, 6.07) is 5.75. The van der Waals surface area contributed by atoms with Gasteiger partial charge in [-0.05, 0) is 36.8 Å². The monoisotopic (exact) mass is 224 g/mol. The largest absolute Gasteiger partial charge is 0.337 e. The highest BCUT2D eigenvalue weighted by atomic mass is 35.5. The summed E-state index contributed by atoms with van der Waals surface area (Å²) >= 11 is 11.1. The van der Waals surface area contributed by atoms with Crippen LogP contribution in [0.3, 0.4) is 0 Å². The van der Waals surface area contributed by atoms with Gasteiger partial charge in [0, 0.05) is 17.4 Å². The Balaban J connectivity index is 2.68. The molecule has 0 amide bonds. The van der Waals surface area contributed by atoms with E-state index in [4.69, 9.17) is 23.8 Å². The Morgan fingerprint density at radius 3 is 2.86 bits per heavy atom. The minimum atomic E-state index is 0.676. The molecule has 0 saturated heterocycles. The zero-order valence-corrected chi connectivity index (χ0v) is 9.19. The van der Waals surface area contributed by atoms with Crippen LogP contribution in [0.5, 0.6) is 0 Å². The molecule has 2 aromatic rings. The molecule has 0 aliphatic carbocycles. The number of rotatable bonds is 1. The number of hydrogen-bond donors (Lipinski definition) is 1. The molecular weight excluding hydrogens is 216 g/mol. The fraction of sp³-hybridized carbons (Fsp3) is 0.100. The van der Waals surface area contributed by atoms with Crippen molar-refractivity contribution in [1.82, 2.24) is 9.55 Å². The number of hydrogen-bond acceptors (Lipinski definition) is 1. The summed E-state index contributed by atoms with van der Waals surface area (Å²) in [6.07, 6.45) is 3.70. The first-order valence-electron chi connectivity index (χ1n) is 4.21. The van der Waals surface area contributed by atoms with E-state index >= 15 is 0 Å². The molecule has 0 fully saturated rings. The highest BCUT2D eigenvalue weighted by molar-refractivity contribution is 7.71. The van der Waals surface area contributed by atoms with Crippen molar-refractivity contribution >= 4 is 23.8 Å². The first kappa shape index (κ1) is 9.49. The Morgan fingerprint density at radius 2 is 2.21 bits per heavy atom. The van der Waals surface area contributed by atoms with Crippen molar-refractivity contribution in [2.75, 3.05) is 0 Å². The smallest absolute Gasteiger partial charge is 0.181 e. The fourth-order valence-corrected chi connectivity index (χ4v) is 1.75. The Kier molecular flexibility index (Phi) is 2.44. The average Bonchev–Trinajstić information content (AvgIpc) is 2.56. The minimum absolute atomic E-state index is 0.676. The third kappa shape index (κ3) is 1.61. The van der Waals surface area contributed by atoms with Crippen LogP contribution in [-0.2, 0) is 0 Å². The molecule has 0 aliphatic rings. The summed E-state index contributed by atoms with van der Waals surface area (Å²) in [5, 5.41) is 0.716. The number of aromatic amines is 1. The maximum absolute atomic E-state index is 5.93. The van der Waals surface area contributed by atoms with Gasteiger partial charge in [-0.3, -0.25) is 4.57 Å². The van der Waals surface area contributed by atoms with Gasteiger partial charge in [-0.2, -0.15) is 0 Å². The molecule has 1 heterocycles. The maximum atomic E-state index is 5.93. The van der Waals surface area contributed by atoms with Crippen LogP contribution in [0.1, 0.15) is 5.56 Å². The van der Waals surface area contributed by atoms with Gasteiger partial charge in [0.25, 0.3) is 0 Å². The summed E-state index contributed by atoms with van der Waals surface area (Å²) < 4.78 is 2.58. The van der Waals surface area contributed by atoms with Gasteiger partial charge in [0.1, 0.15) is 0 Å². The second-order valence-electron chi connectivity index (χ2n) is 3.07.